The lowest BCUT2D eigenvalue weighted by atomic mass is 9.85. The number of piperidine rings is 1. The van der Waals surface area contributed by atoms with Gasteiger partial charge in [0.05, 0.1) is 0 Å². The van der Waals surface area contributed by atoms with E-state index in [2.05, 4.69) is 19.2 Å². The zero-order valence-corrected chi connectivity index (χ0v) is 14.3. The van der Waals surface area contributed by atoms with Crippen molar-refractivity contribution in [1.29, 1.82) is 0 Å². The van der Waals surface area contributed by atoms with Gasteiger partial charge in [0.15, 0.2) is 14.6 Å². The summed E-state index contributed by atoms with van der Waals surface area (Å²) in [5.41, 5.74) is 0.238. The first-order valence-corrected chi connectivity index (χ1v) is 9.77. The number of sulfone groups is 1. The summed E-state index contributed by atoms with van der Waals surface area (Å²) in [5.74, 6) is -0.163. The Morgan fingerprint density at radius 3 is 2.24 bits per heavy atom. The summed E-state index contributed by atoms with van der Waals surface area (Å²) >= 11 is 0. The summed E-state index contributed by atoms with van der Waals surface area (Å²) in [4.78, 5) is 14.8. The molecule has 0 aromatic heterocycles. The Morgan fingerprint density at radius 2 is 1.67 bits per heavy atom. The predicted octanol–water partition coefficient (Wildman–Crippen LogP) is 1.19. The van der Waals surface area contributed by atoms with E-state index in [1.165, 1.54) is 6.26 Å². The maximum absolute atomic E-state index is 13.0. The molecule has 2 rings (SSSR count). The van der Waals surface area contributed by atoms with E-state index in [1.807, 2.05) is 0 Å². The van der Waals surface area contributed by atoms with Crippen molar-refractivity contribution in [3.05, 3.63) is 0 Å². The van der Waals surface area contributed by atoms with Crippen LogP contribution in [0.2, 0.25) is 0 Å². The van der Waals surface area contributed by atoms with Crippen molar-refractivity contribution >= 4 is 15.7 Å². The first kappa shape index (κ1) is 16.7. The molecule has 2 heterocycles. The molecule has 0 aliphatic carbocycles. The van der Waals surface area contributed by atoms with Gasteiger partial charge in [-0.25, -0.2) is 8.42 Å². The third-order valence-electron chi connectivity index (χ3n) is 5.14. The molecule has 0 bridgehead atoms. The molecule has 2 aliphatic heterocycles. The number of carbonyl (C=O) groups excluding carboxylic acids is 1. The SMILES string of the molecule is CC1(C)CCCN(C(=O)C2(S(C)(=O)=O)CCNCC2)CC1. The van der Waals surface area contributed by atoms with Crippen LogP contribution in [0.5, 0.6) is 0 Å². The Bertz CT molecular complexity index is 493. The second-order valence-corrected chi connectivity index (χ2v) is 9.65. The summed E-state index contributed by atoms with van der Waals surface area (Å²) in [6.07, 6.45) is 4.99. The number of rotatable bonds is 2. The van der Waals surface area contributed by atoms with E-state index in [9.17, 15) is 13.2 Å². The number of hydrogen-bond donors (Lipinski definition) is 1. The molecule has 5 nitrogen and oxygen atoms in total. The van der Waals surface area contributed by atoms with Crippen LogP contribution >= 0.6 is 0 Å². The highest BCUT2D eigenvalue weighted by atomic mass is 32.2. The van der Waals surface area contributed by atoms with Crippen molar-refractivity contribution < 1.29 is 13.2 Å². The fourth-order valence-corrected chi connectivity index (χ4v) is 4.88. The maximum Gasteiger partial charge on any atom is 0.244 e. The molecule has 1 amide bonds. The van der Waals surface area contributed by atoms with E-state index in [0.29, 0.717) is 39.0 Å². The van der Waals surface area contributed by atoms with Crippen LogP contribution < -0.4 is 5.32 Å². The molecule has 122 valence electrons. The summed E-state index contributed by atoms with van der Waals surface area (Å²) < 4.78 is 23.5. The van der Waals surface area contributed by atoms with Gasteiger partial charge in [-0.05, 0) is 50.6 Å². The molecule has 1 N–H and O–H groups in total. The molecule has 0 aromatic carbocycles. The molecule has 21 heavy (non-hydrogen) atoms. The molecule has 2 aliphatic rings. The smallest absolute Gasteiger partial charge is 0.244 e. The molecular formula is C15H28N2O3S. The van der Waals surface area contributed by atoms with Gasteiger partial charge in [0.2, 0.25) is 5.91 Å². The monoisotopic (exact) mass is 316 g/mol. The first-order chi connectivity index (χ1) is 9.68. The summed E-state index contributed by atoms with van der Waals surface area (Å²) in [6.45, 7) is 7.00. The van der Waals surface area contributed by atoms with Crippen molar-refractivity contribution in [3.63, 3.8) is 0 Å². The second kappa shape index (κ2) is 5.88. The van der Waals surface area contributed by atoms with E-state index in [-0.39, 0.29) is 11.3 Å². The Kier molecular flexibility index (Phi) is 4.69. The minimum Gasteiger partial charge on any atom is -0.341 e. The summed E-state index contributed by atoms with van der Waals surface area (Å²) in [7, 11) is -3.41. The molecule has 6 heteroatoms. The molecule has 0 atom stereocenters. The average Bonchev–Trinajstić information content (AvgIpc) is 2.58. The van der Waals surface area contributed by atoms with Crippen LogP contribution in [0.4, 0.5) is 0 Å². The summed E-state index contributed by atoms with van der Waals surface area (Å²) in [5, 5.41) is 3.16. The van der Waals surface area contributed by atoms with E-state index < -0.39 is 14.6 Å². The van der Waals surface area contributed by atoms with E-state index in [0.717, 1.165) is 19.3 Å². The van der Waals surface area contributed by atoms with Crippen molar-refractivity contribution in [2.75, 3.05) is 32.4 Å². The first-order valence-electron chi connectivity index (χ1n) is 7.88. The van der Waals surface area contributed by atoms with Gasteiger partial charge in [0.25, 0.3) is 0 Å². The molecule has 0 radical (unpaired) electrons. The Labute approximate surface area is 128 Å². The number of hydrogen-bond acceptors (Lipinski definition) is 4. The largest absolute Gasteiger partial charge is 0.341 e. The number of carbonyl (C=O) groups is 1. The number of nitrogens with zero attached hydrogens (tertiary/aromatic N) is 1. The standard InChI is InChI=1S/C15H28N2O3S/c1-14(2)5-4-11-17(12-8-14)13(18)15(21(3,19)20)6-9-16-10-7-15/h16H,4-12H2,1-3H3. The quantitative estimate of drug-likeness (QED) is 0.831. The van der Waals surface area contributed by atoms with Gasteiger partial charge in [-0.1, -0.05) is 13.8 Å². The lowest BCUT2D eigenvalue weighted by Crippen LogP contribution is -2.58. The molecule has 2 fully saturated rings. The molecule has 0 aromatic rings. The third-order valence-corrected chi connectivity index (χ3v) is 7.14. The summed E-state index contributed by atoms with van der Waals surface area (Å²) in [6, 6.07) is 0. The van der Waals surface area contributed by atoms with Crippen molar-refractivity contribution in [3.8, 4) is 0 Å². The Hall–Kier alpha value is -0.620. The highest BCUT2D eigenvalue weighted by molar-refractivity contribution is 7.92. The minimum absolute atomic E-state index is 0.163. The second-order valence-electron chi connectivity index (χ2n) is 7.33. The molecule has 0 unspecified atom stereocenters. The van der Waals surface area contributed by atoms with E-state index >= 15 is 0 Å². The van der Waals surface area contributed by atoms with Gasteiger partial charge in [-0.15, -0.1) is 0 Å². The van der Waals surface area contributed by atoms with Crippen molar-refractivity contribution in [2.24, 2.45) is 5.41 Å². The van der Waals surface area contributed by atoms with Crippen LogP contribution in [0.15, 0.2) is 0 Å². The van der Waals surface area contributed by atoms with Gasteiger partial charge in [-0.3, -0.25) is 4.79 Å². The van der Waals surface area contributed by atoms with Crippen molar-refractivity contribution in [2.45, 2.75) is 50.7 Å². The van der Waals surface area contributed by atoms with Crippen LogP contribution in [-0.2, 0) is 14.6 Å². The van der Waals surface area contributed by atoms with E-state index in [4.69, 9.17) is 0 Å². The number of likely N-dealkylation sites (tertiary alicyclic amines) is 1. The fraction of sp³-hybridized carbons (Fsp3) is 0.933. The van der Waals surface area contributed by atoms with Crippen molar-refractivity contribution in [1.82, 2.24) is 10.2 Å². The van der Waals surface area contributed by atoms with Gasteiger partial charge >= 0.3 is 0 Å². The lowest BCUT2D eigenvalue weighted by molar-refractivity contribution is -0.134. The lowest BCUT2D eigenvalue weighted by Gasteiger charge is -2.38. The number of amides is 1. The maximum atomic E-state index is 13.0. The zero-order chi connectivity index (χ0) is 15.7. The van der Waals surface area contributed by atoms with Crippen LogP contribution in [0.3, 0.4) is 0 Å². The Balaban J connectivity index is 2.23. The predicted molar refractivity (Wildman–Crippen MR) is 83.9 cm³/mol. The highest BCUT2D eigenvalue weighted by Gasteiger charge is 2.50. The van der Waals surface area contributed by atoms with Crippen LogP contribution in [0.1, 0.15) is 46.0 Å². The van der Waals surface area contributed by atoms with E-state index in [1.54, 1.807) is 4.90 Å². The minimum atomic E-state index is -3.41. The number of nitrogens with one attached hydrogen (secondary N) is 1. The van der Waals surface area contributed by atoms with Crippen LogP contribution in [-0.4, -0.2) is 56.4 Å². The fourth-order valence-electron chi connectivity index (χ4n) is 3.49. The highest BCUT2D eigenvalue weighted by Crippen LogP contribution is 2.34. The normalized spacial score (nSPS) is 26.1. The molecule has 0 spiro atoms. The average molecular weight is 316 g/mol. The molecule has 0 saturated carbocycles. The molecule has 2 saturated heterocycles. The Morgan fingerprint density at radius 1 is 1.05 bits per heavy atom. The van der Waals surface area contributed by atoms with Crippen LogP contribution in [0.25, 0.3) is 0 Å². The zero-order valence-electron chi connectivity index (χ0n) is 13.4. The van der Waals surface area contributed by atoms with Gasteiger partial charge in [0.1, 0.15) is 0 Å². The third kappa shape index (κ3) is 3.42. The van der Waals surface area contributed by atoms with Gasteiger partial charge < -0.3 is 10.2 Å². The van der Waals surface area contributed by atoms with Gasteiger partial charge in [-0.2, -0.15) is 0 Å². The topological polar surface area (TPSA) is 66.5 Å². The van der Waals surface area contributed by atoms with Crippen LogP contribution in [0, 0.1) is 5.41 Å². The molecular weight excluding hydrogens is 288 g/mol. The van der Waals surface area contributed by atoms with Gasteiger partial charge in [0, 0.05) is 19.3 Å².